The summed E-state index contributed by atoms with van der Waals surface area (Å²) < 4.78 is 1.78. The van der Waals surface area contributed by atoms with Crippen LogP contribution in [-0.4, -0.2) is 27.9 Å². The summed E-state index contributed by atoms with van der Waals surface area (Å²) in [5.41, 5.74) is 0. The minimum atomic E-state index is 0. The van der Waals surface area contributed by atoms with Crippen LogP contribution in [0.15, 0.2) is 6.33 Å². The van der Waals surface area contributed by atoms with E-state index in [-0.39, 0.29) is 12.4 Å². The van der Waals surface area contributed by atoms with E-state index >= 15 is 0 Å². The van der Waals surface area contributed by atoms with E-state index < -0.39 is 0 Å². The van der Waals surface area contributed by atoms with Crippen molar-refractivity contribution < 1.29 is 0 Å². The molecule has 0 bridgehead atoms. The Morgan fingerprint density at radius 1 is 1.46 bits per heavy atom. The molecule has 1 saturated heterocycles. The lowest BCUT2D eigenvalue weighted by Gasteiger charge is -2.19. The molecule has 1 aliphatic heterocycles. The smallest absolute Gasteiger partial charge is 0.153 e. The van der Waals surface area contributed by atoms with Gasteiger partial charge in [-0.05, 0) is 25.9 Å². The number of hydrogen-bond acceptors (Lipinski definition) is 3. The first kappa shape index (κ1) is 10.5. The molecule has 2 heterocycles. The normalized spacial score (nSPS) is 18.2. The number of piperidine rings is 1. The van der Waals surface area contributed by atoms with Crippen LogP contribution >= 0.6 is 12.4 Å². The lowest BCUT2D eigenvalue weighted by atomic mass is 9.98. The van der Waals surface area contributed by atoms with Gasteiger partial charge in [-0.25, -0.2) is 4.98 Å². The molecule has 4 nitrogen and oxygen atoms in total. The molecule has 2 rings (SSSR count). The van der Waals surface area contributed by atoms with Crippen molar-refractivity contribution in [2.45, 2.75) is 18.8 Å². The monoisotopic (exact) mass is 202 g/mol. The first-order chi connectivity index (χ1) is 5.86. The van der Waals surface area contributed by atoms with Crippen molar-refractivity contribution in [3.8, 4) is 0 Å². The Morgan fingerprint density at radius 3 is 2.69 bits per heavy atom. The van der Waals surface area contributed by atoms with Gasteiger partial charge >= 0.3 is 0 Å². The standard InChI is InChI=1S/C8H14N4.ClH/c1-12-6-10-8(11-12)7-2-4-9-5-3-7;/h6-7,9H,2-5H2,1H3;1H. The molecule has 74 valence electrons. The maximum Gasteiger partial charge on any atom is 0.153 e. The van der Waals surface area contributed by atoms with Crippen LogP contribution in [0.1, 0.15) is 24.6 Å². The fourth-order valence-corrected chi connectivity index (χ4v) is 1.62. The van der Waals surface area contributed by atoms with Crippen molar-refractivity contribution in [1.29, 1.82) is 0 Å². The fraction of sp³-hybridized carbons (Fsp3) is 0.750. The average Bonchev–Trinajstić information content (AvgIpc) is 2.54. The second-order valence-electron chi connectivity index (χ2n) is 3.30. The van der Waals surface area contributed by atoms with Crippen molar-refractivity contribution in [3.05, 3.63) is 12.2 Å². The molecule has 0 atom stereocenters. The SMILES string of the molecule is Cl.Cn1cnc(C2CCNCC2)n1. The van der Waals surface area contributed by atoms with Crippen molar-refractivity contribution in [1.82, 2.24) is 20.1 Å². The molecule has 5 heteroatoms. The van der Waals surface area contributed by atoms with E-state index in [2.05, 4.69) is 15.4 Å². The number of aromatic nitrogens is 3. The topological polar surface area (TPSA) is 42.7 Å². The second kappa shape index (κ2) is 4.58. The lowest BCUT2D eigenvalue weighted by molar-refractivity contribution is 0.443. The van der Waals surface area contributed by atoms with Gasteiger partial charge in [0.2, 0.25) is 0 Å². The maximum absolute atomic E-state index is 4.31. The summed E-state index contributed by atoms with van der Waals surface area (Å²) in [5, 5.41) is 7.64. The molecular weight excluding hydrogens is 188 g/mol. The van der Waals surface area contributed by atoms with Crippen LogP contribution < -0.4 is 5.32 Å². The van der Waals surface area contributed by atoms with Gasteiger partial charge in [0.05, 0.1) is 0 Å². The highest BCUT2D eigenvalue weighted by Crippen LogP contribution is 2.20. The van der Waals surface area contributed by atoms with Gasteiger partial charge in [-0.2, -0.15) is 5.10 Å². The largest absolute Gasteiger partial charge is 0.317 e. The van der Waals surface area contributed by atoms with Crippen LogP contribution in [0.4, 0.5) is 0 Å². The number of hydrogen-bond donors (Lipinski definition) is 1. The van der Waals surface area contributed by atoms with Gasteiger partial charge in [0.25, 0.3) is 0 Å². The predicted molar refractivity (Wildman–Crippen MR) is 53.1 cm³/mol. The van der Waals surface area contributed by atoms with Gasteiger partial charge in [0.1, 0.15) is 6.33 Å². The van der Waals surface area contributed by atoms with Crippen molar-refractivity contribution >= 4 is 12.4 Å². The van der Waals surface area contributed by atoms with E-state index in [4.69, 9.17) is 0 Å². The van der Waals surface area contributed by atoms with Gasteiger partial charge in [-0.1, -0.05) is 0 Å². The Labute approximate surface area is 84.1 Å². The van der Waals surface area contributed by atoms with Gasteiger partial charge in [0, 0.05) is 13.0 Å². The molecule has 1 N–H and O–H groups in total. The molecule has 0 spiro atoms. The van der Waals surface area contributed by atoms with E-state index in [1.54, 1.807) is 11.0 Å². The molecule has 13 heavy (non-hydrogen) atoms. The van der Waals surface area contributed by atoms with Crippen LogP contribution in [-0.2, 0) is 7.05 Å². The molecule has 0 saturated carbocycles. The summed E-state index contributed by atoms with van der Waals surface area (Å²) in [7, 11) is 1.91. The Balaban J connectivity index is 0.000000845. The summed E-state index contributed by atoms with van der Waals surface area (Å²) >= 11 is 0. The molecule has 0 unspecified atom stereocenters. The zero-order chi connectivity index (χ0) is 8.39. The van der Waals surface area contributed by atoms with Crippen molar-refractivity contribution in [2.75, 3.05) is 13.1 Å². The first-order valence-corrected chi connectivity index (χ1v) is 4.42. The minimum Gasteiger partial charge on any atom is -0.317 e. The number of nitrogens with zero attached hydrogens (tertiary/aromatic N) is 3. The average molecular weight is 203 g/mol. The molecular formula is C8H15ClN4. The molecule has 0 amide bonds. The Kier molecular flexibility index (Phi) is 3.69. The molecule has 1 aliphatic rings. The molecule has 1 aromatic heterocycles. The maximum atomic E-state index is 4.31. The first-order valence-electron chi connectivity index (χ1n) is 4.42. The van der Waals surface area contributed by atoms with Gasteiger partial charge in [-0.3, -0.25) is 4.68 Å². The summed E-state index contributed by atoms with van der Waals surface area (Å²) in [6, 6.07) is 0. The predicted octanol–water partition coefficient (Wildman–Crippen LogP) is 0.704. The van der Waals surface area contributed by atoms with Crippen LogP contribution in [0.5, 0.6) is 0 Å². The van der Waals surface area contributed by atoms with Crippen LogP contribution in [0.25, 0.3) is 0 Å². The van der Waals surface area contributed by atoms with E-state index in [0.29, 0.717) is 5.92 Å². The van der Waals surface area contributed by atoms with E-state index in [1.807, 2.05) is 7.05 Å². The number of aryl methyl sites for hydroxylation is 1. The van der Waals surface area contributed by atoms with Crippen LogP contribution in [0, 0.1) is 0 Å². The fourth-order valence-electron chi connectivity index (χ4n) is 1.62. The minimum absolute atomic E-state index is 0. The lowest BCUT2D eigenvalue weighted by Crippen LogP contribution is -2.27. The summed E-state index contributed by atoms with van der Waals surface area (Å²) in [6.45, 7) is 2.20. The zero-order valence-corrected chi connectivity index (χ0v) is 8.55. The van der Waals surface area contributed by atoms with E-state index in [9.17, 15) is 0 Å². The third kappa shape index (κ3) is 2.42. The highest BCUT2D eigenvalue weighted by molar-refractivity contribution is 5.85. The number of rotatable bonds is 1. The molecule has 0 aromatic carbocycles. The van der Waals surface area contributed by atoms with E-state index in [0.717, 1.165) is 18.9 Å². The Bertz CT molecular complexity index is 254. The summed E-state index contributed by atoms with van der Waals surface area (Å²) in [6.07, 6.45) is 4.12. The Morgan fingerprint density at radius 2 is 2.15 bits per heavy atom. The van der Waals surface area contributed by atoms with Gasteiger partial charge in [0.15, 0.2) is 5.82 Å². The number of halogens is 1. The van der Waals surface area contributed by atoms with Crippen LogP contribution in [0.2, 0.25) is 0 Å². The zero-order valence-electron chi connectivity index (χ0n) is 7.73. The summed E-state index contributed by atoms with van der Waals surface area (Å²) in [5.74, 6) is 1.59. The third-order valence-corrected chi connectivity index (χ3v) is 2.32. The van der Waals surface area contributed by atoms with Crippen molar-refractivity contribution in [3.63, 3.8) is 0 Å². The second-order valence-corrected chi connectivity index (χ2v) is 3.30. The Hall–Kier alpha value is -0.610. The third-order valence-electron chi connectivity index (χ3n) is 2.32. The highest BCUT2D eigenvalue weighted by atomic mass is 35.5. The molecule has 1 fully saturated rings. The summed E-state index contributed by atoms with van der Waals surface area (Å²) in [4.78, 5) is 4.26. The van der Waals surface area contributed by atoms with Gasteiger partial charge < -0.3 is 5.32 Å². The quantitative estimate of drug-likeness (QED) is 0.729. The van der Waals surface area contributed by atoms with Crippen molar-refractivity contribution in [2.24, 2.45) is 7.05 Å². The highest BCUT2D eigenvalue weighted by Gasteiger charge is 2.18. The molecule has 0 radical (unpaired) electrons. The number of nitrogens with one attached hydrogen (secondary N) is 1. The van der Waals surface area contributed by atoms with E-state index in [1.165, 1.54) is 12.8 Å². The molecule has 0 aliphatic carbocycles. The molecule has 1 aromatic rings. The van der Waals surface area contributed by atoms with Crippen LogP contribution in [0.3, 0.4) is 0 Å². The van der Waals surface area contributed by atoms with Gasteiger partial charge in [-0.15, -0.1) is 12.4 Å².